The highest BCUT2D eigenvalue weighted by Crippen LogP contribution is 2.33. The molecule has 3 aliphatic rings. The zero-order chi connectivity index (χ0) is 19.1. The fourth-order valence-electron chi connectivity index (χ4n) is 4.75. The lowest BCUT2D eigenvalue weighted by atomic mass is 9.94. The molecule has 7 nitrogen and oxygen atoms in total. The average molecular weight is 395 g/mol. The molecule has 1 saturated carbocycles. The number of nitrogens with one attached hydrogen (secondary N) is 1. The molecule has 2 saturated heterocycles. The summed E-state index contributed by atoms with van der Waals surface area (Å²) in [7, 11) is -2.46. The molecule has 8 heteroatoms. The third kappa shape index (κ3) is 3.78. The summed E-state index contributed by atoms with van der Waals surface area (Å²) in [6.45, 7) is 3.60. The van der Waals surface area contributed by atoms with Crippen LogP contribution in [0, 0.1) is 11.7 Å². The molecule has 1 amide bonds. The van der Waals surface area contributed by atoms with Crippen LogP contribution in [-0.2, 0) is 14.5 Å². The molecule has 0 aromatic carbocycles. The van der Waals surface area contributed by atoms with E-state index in [9.17, 15) is 9.00 Å². The largest absolute Gasteiger partial charge is 0.371 e. The van der Waals surface area contributed by atoms with Gasteiger partial charge in [-0.15, -0.1) is 0 Å². The third-order valence-electron chi connectivity index (χ3n) is 6.51. The van der Waals surface area contributed by atoms with Gasteiger partial charge in [0.05, 0.1) is 36.6 Å². The van der Waals surface area contributed by atoms with Gasteiger partial charge in [-0.25, -0.2) is 4.21 Å². The molecule has 1 spiro atoms. The third-order valence-corrected chi connectivity index (χ3v) is 8.23. The van der Waals surface area contributed by atoms with Gasteiger partial charge in [0.2, 0.25) is 0 Å². The first kappa shape index (κ1) is 18.9. The highest BCUT2D eigenvalue weighted by molar-refractivity contribution is 7.92. The van der Waals surface area contributed by atoms with Crippen LogP contribution in [0.25, 0.3) is 0 Å². The number of hydrogen-bond donors (Lipinski definition) is 1. The van der Waals surface area contributed by atoms with Gasteiger partial charge in [-0.2, -0.15) is 5.10 Å². The van der Waals surface area contributed by atoms with Gasteiger partial charge in [0.15, 0.2) is 0 Å². The van der Waals surface area contributed by atoms with E-state index in [1.807, 2.05) is 11.8 Å². The van der Waals surface area contributed by atoms with Crippen LogP contribution >= 0.6 is 0 Å². The van der Waals surface area contributed by atoms with Crippen LogP contribution in [0.15, 0.2) is 6.20 Å². The summed E-state index contributed by atoms with van der Waals surface area (Å²) >= 11 is 0. The van der Waals surface area contributed by atoms with E-state index >= 15 is 0 Å². The number of hydrogen-bond acceptors (Lipinski definition) is 5. The van der Waals surface area contributed by atoms with Crippen LogP contribution in [0.4, 0.5) is 0 Å². The Hall–Kier alpha value is -1.41. The Kier molecular flexibility index (Phi) is 5.05. The van der Waals surface area contributed by atoms with E-state index in [-0.39, 0.29) is 5.91 Å². The van der Waals surface area contributed by atoms with Crippen molar-refractivity contribution in [2.24, 2.45) is 0 Å². The van der Waals surface area contributed by atoms with Crippen molar-refractivity contribution in [2.75, 3.05) is 31.2 Å². The zero-order valence-electron chi connectivity index (χ0n) is 16.1. The van der Waals surface area contributed by atoms with Crippen molar-refractivity contribution in [2.45, 2.75) is 63.5 Å². The zero-order valence-corrected chi connectivity index (χ0v) is 16.9. The molecule has 3 heterocycles. The van der Waals surface area contributed by atoms with Crippen LogP contribution in [0.1, 0.15) is 67.0 Å². The summed E-state index contributed by atoms with van der Waals surface area (Å²) in [4.78, 5) is 15.1. The predicted molar refractivity (Wildman–Crippen MR) is 104 cm³/mol. The maximum Gasteiger partial charge on any atom is 0.257 e. The van der Waals surface area contributed by atoms with E-state index in [1.165, 1.54) is 19.3 Å². The van der Waals surface area contributed by atoms with Crippen molar-refractivity contribution in [3.63, 3.8) is 0 Å². The second-order valence-corrected chi connectivity index (χ2v) is 10.8. The molecule has 1 aromatic heterocycles. The van der Waals surface area contributed by atoms with E-state index in [2.05, 4.69) is 9.78 Å². The molecule has 0 atom stereocenters. The lowest BCUT2D eigenvalue weighted by Crippen LogP contribution is -2.56. The standard InChI is InChI=1S/C19H30N4O3S/c1-15-17(13-21-23(15)16-5-3-2-4-6-16)18(24)22-9-10-26-19(14-22)7-11-27(20,25)12-8-19/h13,16,20H,2-12,14H2,1H3. The fraction of sp³-hybridized carbons (Fsp3) is 0.789. The molecule has 4 rings (SSSR count). The Labute approximate surface area is 161 Å². The van der Waals surface area contributed by atoms with Gasteiger partial charge in [-0.05, 0) is 32.6 Å². The quantitative estimate of drug-likeness (QED) is 0.835. The molecule has 1 aromatic rings. The van der Waals surface area contributed by atoms with Gasteiger partial charge in [0.1, 0.15) is 0 Å². The summed E-state index contributed by atoms with van der Waals surface area (Å²) in [6, 6.07) is 0.417. The molecule has 0 bridgehead atoms. The summed E-state index contributed by atoms with van der Waals surface area (Å²) in [5, 5.41) is 4.55. The number of morpholine rings is 1. The van der Waals surface area contributed by atoms with Crippen molar-refractivity contribution in [1.82, 2.24) is 14.7 Å². The number of aromatic nitrogens is 2. The first-order valence-electron chi connectivity index (χ1n) is 10.1. The highest BCUT2D eigenvalue weighted by atomic mass is 32.2. The molecule has 150 valence electrons. The molecular weight excluding hydrogens is 364 g/mol. The van der Waals surface area contributed by atoms with Gasteiger partial charge in [-0.3, -0.25) is 14.3 Å². The van der Waals surface area contributed by atoms with E-state index in [0.717, 1.165) is 18.5 Å². The summed E-state index contributed by atoms with van der Waals surface area (Å²) in [5.41, 5.74) is 1.23. The summed E-state index contributed by atoms with van der Waals surface area (Å²) in [5.74, 6) is 0.760. The second-order valence-electron chi connectivity index (χ2n) is 8.36. The molecule has 27 heavy (non-hydrogen) atoms. The SMILES string of the molecule is Cc1c(C(=O)N2CCOC3(CCS(=N)(=O)CC3)C2)cnn1C1CCCCC1. The molecule has 0 radical (unpaired) electrons. The molecule has 0 unspecified atom stereocenters. The van der Waals surface area contributed by atoms with Crippen LogP contribution in [0.2, 0.25) is 0 Å². The Morgan fingerprint density at radius 1 is 1.30 bits per heavy atom. The molecule has 2 aliphatic heterocycles. The molecule has 1 aliphatic carbocycles. The number of nitrogens with zero attached hydrogens (tertiary/aromatic N) is 3. The van der Waals surface area contributed by atoms with Gasteiger partial charge in [0, 0.05) is 33.5 Å². The van der Waals surface area contributed by atoms with E-state index in [1.54, 1.807) is 6.20 Å². The number of ether oxygens (including phenoxy) is 1. The number of amides is 1. The topological polar surface area (TPSA) is 88.3 Å². The van der Waals surface area contributed by atoms with Gasteiger partial charge >= 0.3 is 0 Å². The minimum Gasteiger partial charge on any atom is -0.371 e. The fourth-order valence-corrected chi connectivity index (χ4v) is 6.35. The maximum atomic E-state index is 13.2. The first-order chi connectivity index (χ1) is 12.9. The van der Waals surface area contributed by atoms with E-state index in [4.69, 9.17) is 9.52 Å². The smallest absolute Gasteiger partial charge is 0.257 e. The lowest BCUT2D eigenvalue weighted by Gasteiger charge is -2.45. The minimum atomic E-state index is -2.46. The van der Waals surface area contributed by atoms with Crippen LogP contribution in [0.3, 0.4) is 0 Å². The van der Waals surface area contributed by atoms with Gasteiger partial charge < -0.3 is 9.64 Å². The molecular formula is C19H30N4O3S. The van der Waals surface area contributed by atoms with Crippen LogP contribution < -0.4 is 0 Å². The molecule has 3 fully saturated rings. The summed E-state index contributed by atoms with van der Waals surface area (Å²) in [6.07, 6.45) is 8.97. The Morgan fingerprint density at radius 2 is 2.00 bits per heavy atom. The minimum absolute atomic E-state index is 0.0226. The van der Waals surface area contributed by atoms with E-state index < -0.39 is 15.3 Å². The number of rotatable bonds is 2. The second kappa shape index (κ2) is 7.20. The van der Waals surface area contributed by atoms with Crippen molar-refractivity contribution in [3.05, 3.63) is 17.5 Å². The van der Waals surface area contributed by atoms with Crippen molar-refractivity contribution >= 4 is 15.6 Å². The Balaban J connectivity index is 1.49. The van der Waals surface area contributed by atoms with Gasteiger partial charge in [0.25, 0.3) is 5.91 Å². The first-order valence-corrected chi connectivity index (χ1v) is 12.0. The summed E-state index contributed by atoms with van der Waals surface area (Å²) < 4.78 is 27.9. The van der Waals surface area contributed by atoms with Crippen molar-refractivity contribution < 1.29 is 13.7 Å². The Bertz CT molecular complexity index is 797. The Morgan fingerprint density at radius 3 is 2.70 bits per heavy atom. The van der Waals surface area contributed by atoms with Gasteiger partial charge in [-0.1, -0.05) is 19.3 Å². The highest BCUT2D eigenvalue weighted by Gasteiger charge is 2.42. The molecule has 1 N–H and O–H groups in total. The lowest BCUT2D eigenvalue weighted by molar-refractivity contribution is -0.104. The van der Waals surface area contributed by atoms with E-state index in [0.29, 0.717) is 55.6 Å². The monoisotopic (exact) mass is 394 g/mol. The van der Waals surface area contributed by atoms with Crippen molar-refractivity contribution in [3.8, 4) is 0 Å². The maximum absolute atomic E-state index is 13.2. The van der Waals surface area contributed by atoms with Crippen molar-refractivity contribution in [1.29, 1.82) is 4.78 Å². The predicted octanol–water partition coefficient (Wildman–Crippen LogP) is 2.75. The van der Waals surface area contributed by atoms with Crippen LogP contribution in [0.5, 0.6) is 0 Å². The average Bonchev–Trinajstić information content (AvgIpc) is 3.06. The number of carbonyl (C=O) groups excluding carboxylic acids is 1. The van der Waals surface area contributed by atoms with Crippen LogP contribution in [-0.4, -0.2) is 61.6 Å². The normalized spacial score (nSPS) is 32.7. The number of carbonyl (C=O) groups is 1.